The van der Waals surface area contributed by atoms with Gasteiger partial charge in [0.1, 0.15) is 0 Å². The molecule has 0 aliphatic carbocycles. The third-order valence-electron chi connectivity index (χ3n) is 3.29. The molecule has 0 fully saturated rings. The Morgan fingerprint density at radius 3 is 2.87 bits per heavy atom. The van der Waals surface area contributed by atoms with Crippen molar-refractivity contribution in [3.05, 3.63) is 41.7 Å². The molecule has 3 rings (SSSR count). The molecule has 0 saturated heterocycles. The molecule has 1 aromatic heterocycles. The lowest BCUT2D eigenvalue weighted by Crippen LogP contribution is -2.28. The maximum Gasteiger partial charge on any atom is 0.491 e. The Morgan fingerprint density at radius 1 is 1.35 bits per heavy atom. The number of carbonyl (C=O) groups excluding carboxylic acids is 1. The number of fused-ring (bicyclic) bond motifs is 1. The molecule has 1 aliphatic rings. The van der Waals surface area contributed by atoms with Crippen molar-refractivity contribution in [2.45, 2.75) is 11.7 Å². The molecule has 1 aromatic carbocycles. The van der Waals surface area contributed by atoms with Crippen molar-refractivity contribution in [1.82, 2.24) is 0 Å². The van der Waals surface area contributed by atoms with Crippen LogP contribution in [0.15, 0.2) is 39.8 Å². The predicted molar refractivity (Wildman–Crippen MR) is 79.7 cm³/mol. The minimum atomic E-state index is -4.02. The summed E-state index contributed by atoms with van der Waals surface area (Å²) in [6.07, 6.45) is 0. The monoisotopic (exact) mass is 337 g/mol. The van der Waals surface area contributed by atoms with Crippen LogP contribution >= 0.6 is 0 Å². The molecule has 8 nitrogen and oxygen atoms in total. The molecule has 2 N–H and O–H groups in total. The van der Waals surface area contributed by atoms with Crippen LogP contribution in [0.4, 0.5) is 5.69 Å². The molecule has 0 atom stereocenters. The lowest BCUT2D eigenvalue weighted by molar-refractivity contribution is 0.0559. The van der Waals surface area contributed by atoms with E-state index in [1.54, 1.807) is 12.1 Å². The first-order chi connectivity index (χ1) is 10.9. The summed E-state index contributed by atoms with van der Waals surface area (Å²) in [5.74, 6) is -0.991. The Kier molecular flexibility index (Phi) is 3.88. The van der Waals surface area contributed by atoms with Crippen LogP contribution in [0.2, 0.25) is 0 Å². The van der Waals surface area contributed by atoms with Crippen LogP contribution in [0.1, 0.15) is 16.1 Å². The molecule has 0 bridgehead atoms. The highest BCUT2D eigenvalue weighted by Crippen LogP contribution is 2.20. The fourth-order valence-electron chi connectivity index (χ4n) is 2.16. The first-order valence-corrected chi connectivity index (χ1v) is 8.02. The number of rotatable bonds is 4. The van der Waals surface area contributed by atoms with Gasteiger partial charge in [-0.25, -0.2) is 4.79 Å². The van der Waals surface area contributed by atoms with Gasteiger partial charge in [-0.05, 0) is 35.3 Å². The molecular formula is C13H12BNO7S. The third kappa shape index (κ3) is 2.96. The summed E-state index contributed by atoms with van der Waals surface area (Å²) >= 11 is 0. The Balaban J connectivity index is 1.85. The van der Waals surface area contributed by atoms with Crippen LogP contribution in [0.25, 0.3) is 0 Å². The van der Waals surface area contributed by atoms with Crippen LogP contribution in [-0.4, -0.2) is 33.6 Å². The van der Waals surface area contributed by atoms with E-state index in [9.17, 15) is 18.2 Å². The van der Waals surface area contributed by atoms with E-state index in [4.69, 9.17) is 9.07 Å². The number of nitrogens with one attached hydrogen (secondary N) is 1. The van der Waals surface area contributed by atoms with Crippen molar-refractivity contribution in [3.8, 4) is 0 Å². The Morgan fingerprint density at radius 2 is 2.13 bits per heavy atom. The van der Waals surface area contributed by atoms with Crippen molar-refractivity contribution >= 4 is 34.3 Å². The molecule has 0 saturated carbocycles. The molecule has 10 heteroatoms. The zero-order chi connectivity index (χ0) is 16.6. The molecule has 23 heavy (non-hydrogen) atoms. The quantitative estimate of drug-likeness (QED) is 0.600. The fraction of sp³-hybridized carbons (Fsp3) is 0.154. The third-order valence-corrected chi connectivity index (χ3v) is 4.55. The van der Waals surface area contributed by atoms with Gasteiger partial charge in [-0.1, -0.05) is 6.07 Å². The second-order valence-electron chi connectivity index (χ2n) is 4.79. The van der Waals surface area contributed by atoms with Crippen molar-refractivity contribution in [2.24, 2.45) is 0 Å². The van der Waals surface area contributed by atoms with Gasteiger partial charge >= 0.3 is 13.1 Å². The number of furan rings is 1. The summed E-state index contributed by atoms with van der Waals surface area (Å²) in [4.78, 5) is 11.3. The van der Waals surface area contributed by atoms with E-state index in [0.29, 0.717) is 5.46 Å². The van der Waals surface area contributed by atoms with E-state index in [-0.39, 0.29) is 18.1 Å². The van der Waals surface area contributed by atoms with Gasteiger partial charge in [-0.3, -0.25) is 4.72 Å². The molecule has 2 aromatic rings. The Hall–Kier alpha value is -2.30. The molecule has 0 amide bonds. The van der Waals surface area contributed by atoms with Crippen molar-refractivity contribution in [2.75, 3.05) is 11.8 Å². The van der Waals surface area contributed by atoms with Crippen molar-refractivity contribution < 1.29 is 32.0 Å². The number of sulfonamides is 1. The number of methoxy groups -OCH3 is 1. The van der Waals surface area contributed by atoms with E-state index in [1.807, 2.05) is 0 Å². The van der Waals surface area contributed by atoms with Crippen molar-refractivity contribution in [1.29, 1.82) is 0 Å². The van der Waals surface area contributed by atoms with Crippen LogP contribution in [0.3, 0.4) is 0 Å². The molecule has 0 radical (unpaired) electrons. The maximum absolute atomic E-state index is 12.3. The maximum atomic E-state index is 12.3. The summed E-state index contributed by atoms with van der Waals surface area (Å²) < 4.78 is 41.3. The number of benzene rings is 1. The van der Waals surface area contributed by atoms with E-state index in [1.165, 1.54) is 12.1 Å². The summed E-state index contributed by atoms with van der Waals surface area (Å²) in [6.45, 7) is 0.268. The van der Waals surface area contributed by atoms with Crippen LogP contribution in [0, 0.1) is 0 Å². The summed E-state index contributed by atoms with van der Waals surface area (Å²) in [6, 6.07) is 7.04. The number of esters is 1. The number of carbonyl (C=O) groups is 1. The van der Waals surface area contributed by atoms with Gasteiger partial charge in [0.2, 0.25) is 10.9 Å². The average molecular weight is 337 g/mol. The van der Waals surface area contributed by atoms with Gasteiger partial charge in [0.15, 0.2) is 0 Å². The summed E-state index contributed by atoms with van der Waals surface area (Å²) in [5.41, 5.74) is 1.52. The first-order valence-electron chi connectivity index (χ1n) is 6.54. The number of anilines is 1. The SMILES string of the molecule is COC(=O)c1ccc(S(=O)(=O)Nc2ccc3c(c2)B(O)OC3)o1. The highest BCUT2D eigenvalue weighted by atomic mass is 32.2. The second-order valence-corrected chi connectivity index (χ2v) is 6.41. The van der Waals surface area contributed by atoms with E-state index in [2.05, 4.69) is 9.46 Å². The summed E-state index contributed by atoms with van der Waals surface area (Å²) in [7, 11) is -3.93. The van der Waals surface area contributed by atoms with Gasteiger partial charge < -0.3 is 18.8 Å². The van der Waals surface area contributed by atoms with E-state index < -0.39 is 28.2 Å². The van der Waals surface area contributed by atoms with E-state index in [0.717, 1.165) is 18.7 Å². The van der Waals surface area contributed by atoms with Gasteiger partial charge in [0, 0.05) is 5.69 Å². The molecule has 1 aliphatic heterocycles. The second kappa shape index (κ2) is 5.72. The lowest BCUT2D eigenvalue weighted by atomic mass is 9.79. The molecule has 120 valence electrons. The van der Waals surface area contributed by atoms with Crippen LogP contribution in [0.5, 0.6) is 0 Å². The van der Waals surface area contributed by atoms with Crippen LogP contribution in [-0.2, 0) is 26.0 Å². The highest BCUT2D eigenvalue weighted by Gasteiger charge is 2.28. The standard InChI is InChI=1S/C13H12BNO7S/c1-20-13(16)11-4-5-12(22-11)23(18,19)15-9-3-2-8-7-21-14(17)10(8)6-9/h2-6,15,17H,7H2,1H3. The molecule has 0 spiro atoms. The van der Waals surface area contributed by atoms with Gasteiger partial charge in [0.25, 0.3) is 10.0 Å². The lowest BCUT2D eigenvalue weighted by Gasteiger charge is -2.07. The molecule has 2 heterocycles. The fourth-order valence-corrected chi connectivity index (χ4v) is 3.14. The smallest absolute Gasteiger partial charge is 0.463 e. The number of ether oxygens (including phenoxy) is 1. The number of hydrogen-bond donors (Lipinski definition) is 2. The Labute approximate surface area is 132 Å². The minimum Gasteiger partial charge on any atom is -0.463 e. The molecule has 0 unspecified atom stereocenters. The van der Waals surface area contributed by atoms with E-state index >= 15 is 0 Å². The molecular weight excluding hydrogens is 325 g/mol. The Bertz CT molecular complexity index is 861. The van der Waals surface area contributed by atoms with Gasteiger partial charge in [-0.2, -0.15) is 8.42 Å². The average Bonchev–Trinajstić information content (AvgIpc) is 3.14. The van der Waals surface area contributed by atoms with Crippen LogP contribution < -0.4 is 10.2 Å². The first kappa shape index (κ1) is 15.6. The minimum absolute atomic E-state index is 0.217. The van der Waals surface area contributed by atoms with Gasteiger partial charge in [0.05, 0.1) is 13.7 Å². The zero-order valence-electron chi connectivity index (χ0n) is 12.0. The topological polar surface area (TPSA) is 115 Å². The predicted octanol–water partition coefficient (Wildman–Crippen LogP) is 0.0847. The normalized spacial score (nSPS) is 13.7. The van der Waals surface area contributed by atoms with Gasteiger partial charge in [-0.15, -0.1) is 0 Å². The zero-order valence-corrected chi connectivity index (χ0v) is 12.8. The largest absolute Gasteiger partial charge is 0.491 e. The summed E-state index contributed by atoms with van der Waals surface area (Å²) in [5, 5.41) is 9.22. The number of hydrogen-bond acceptors (Lipinski definition) is 7. The highest BCUT2D eigenvalue weighted by molar-refractivity contribution is 7.92. The van der Waals surface area contributed by atoms with Crippen molar-refractivity contribution in [3.63, 3.8) is 0 Å².